The van der Waals surface area contributed by atoms with E-state index >= 15 is 0 Å². The zero-order valence-corrected chi connectivity index (χ0v) is 13.5. The van der Waals surface area contributed by atoms with E-state index in [9.17, 15) is 17.8 Å². The van der Waals surface area contributed by atoms with E-state index in [4.69, 9.17) is 4.74 Å². The quantitative estimate of drug-likeness (QED) is 0.823. The van der Waals surface area contributed by atoms with Crippen molar-refractivity contribution in [1.29, 1.82) is 0 Å². The van der Waals surface area contributed by atoms with Crippen molar-refractivity contribution < 1.29 is 22.5 Å². The fraction of sp³-hybridized carbons (Fsp3) is 0.500. The average Bonchev–Trinajstić information content (AvgIpc) is 2.29. The lowest BCUT2D eigenvalue weighted by molar-refractivity contribution is 0.0607. The highest BCUT2D eigenvalue weighted by atomic mass is 32.2. The number of hydrogen-bond donors (Lipinski definition) is 0. The normalized spacial score (nSPS) is 14.7. The van der Waals surface area contributed by atoms with Crippen molar-refractivity contribution in [2.24, 2.45) is 4.36 Å². The second kappa shape index (κ2) is 6.09. The molecule has 0 radical (unpaired) electrons. The van der Waals surface area contributed by atoms with Crippen LogP contribution in [-0.4, -0.2) is 21.2 Å². The first-order chi connectivity index (χ1) is 9.45. The number of ether oxygens (including phenoxy) is 1. The van der Waals surface area contributed by atoms with Crippen LogP contribution in [0.4, 0.5) is 13.6 Å². The van der Waals surface area contributed by atoms with Gasteiger partial charge in [-0.2, -0.15) is 0 Å². The maximum Gasteiger partial charge on any atom is 0.442 e. The van der Waals surface area contributed by atoms with Gasteiger partial charge in [0.2, 0.25) is 0 Å². The van der Waals surface area contributed by atoms with E-state index in [0.29, 0.717) is 0 Å². The molecule has 0 aromatic heterocycles. The summed E-state index contributed by atoms with van der Waals surface area (Å²) in [5.41, 5.74) is -0.821. The lowest BCUT2D eigenvalue weighted by Gasteiger charge is -2.19. The molecule has 0 aliphatic carbocycles. The second-order valence-corrected chi connectivity index (χ2v) is 8.47. The smallest absolute Gasteiger partial charge is 0.442 e. The Morgan fingerprint density at radius 1 is 1.29 bits per heavy atom. The number of amides is 1. The van der Waals surface area contributed by atoms with E-state index in [1.54, 1.807) is 20.8 Å². The van der Waals surface area contributed by atoms with Crippen molar-refractivity contribution in [2.75, 3.05) is 0 Å². The highest BCUT2D eigenvalue weighted by Gasteiger charge is 2.26. The molecule has 21 heavy (non-hydrogen) atoms. The maximum absolute atomic E-state index is 13.9. The molecule has 0 heterocycles. The van der Waals surface area contributed by atoms with Gasteiger partial charge in [0.05, 0.1) is 14.6 Å². The van der Waals surface area contributed by atoms with Crippen LogP contribution in [0.1, 0.15) is 34.6 Å². The number of carbonyl (C=O) groups excluding carboxylic acids is 1. The lowest BCUT2D eigenvalue weighted by atomic mass is 10.2. The molecular weight excluding hydrogens is 300 g/mol. The van der Waals surface area contributed by atoms with Crippen LogP contribution in [-0.2, 0) is 14.5 Å². The Bertz CT molecular complexity index is 657. The van der Waals surface area contributed by atoms with Crippen LogP contribution < -0.4 is 0 Å². The van der Waals surface area contributed by atoms with Crippen LogP contribution in [0.3, 0.4) is 0 Å². The third-order valence-electron chi connectivity index (χ3n) is 2.45. The van der Waals surface area contributed by atoms with Crippen molar-refractivity contribution in [3.05, 3.63) is 29.8 Å². The van der Waals surface area contributed by atoms with Crippen LogP contribution in [0.15, 0.2) is 27.5 Å². The van der Waals surface area contributed by atoms with Gasteiger partial charge >= 0.3 is 6.09 Å². The molecule has 0 aliphatic heterocycles. The van der Waals surface area contributed by atoms with Gasteiger partial charge in [0.25, 0.3) is 0 Å². The molecular formula is C14H19F2NO3S. The lowest BCUT2D eigenvalue weighted by Crippen LogP contribution is -2.24. The van der Waals surface area contributed by atoms with Crippen molar-refractivity contribution in [2.45, 2.75) is 50.4 Å². The van der Waals surface area contributed by atoms with E-state index in [-0.39, 0.29) is 0 Å². The molecule has 1 atom stereocenters. The molecule has 0 saturated carbocycles. The number of hydrogen-bond acceptors (Lipinski definition) is 3. The molecule has 1 rings (SSSR count). The minimum Gasteiger partial charge on any atom is -0.442 e. The zero-order chi connectivity index (χ0) is 16.4. The summed E-state index contributed by atoms with van der Waals surface area (Å²) in [6.45, 7) is 7.90. The predicted molar refractivity (Wildman–Crippen MR) is 76.6 cm³/mol. The summed E-state index contributed by atoms with van der Waals surface area (Å²) >= 11 is 0. The van der Waals surface area contributed by atoms with Crippen molar-refractivity contribution in [3.8, 4) is 0 Å². The maximum atomic E-state index is 13.9. The third kappa shape index (κ3) is 4.49. The predicted octanol–water partition coefficient (Wildman–Crippen LogP) is 4.14. The van der Waals surface area contributed by atoms with Gasteiger partial charge in [-0.3, -0.25) is 0 Å². The molecule has 1 amide bonds. The fourth-order valence-corrected chi connectivity index (χ4v) is 3.21. The molecule has 118 valence electrons. The minimum atomic E-state index is -3.47. The van der Waals surface area contributed by atoms with Crippen LogP contribution in [0, 0.1) is 11.6 Å². The summed E-state index contributed by atoms with van der Waals surface area (Å²) in [7, 11) is -3.47. The molecule has 4 nitrogen and oxygen atoms in total. The third-order valence-corrected chi connectivity index (χ3v) is 5.09. The first-order valence-corrected chi connectivity index (χ1v) is 7.97. The molecule has 0 aliphatic rings. The Hall–Kier alpha value is -1.50. The van der Waals surface area contributed by atoms with Gasteiger partial charge in [-0.15, -0.1) is 4.36 Å². The molecule has 0 saturated heterocycles. The standard InChI is InChI=1S/C14H19F2NO3S/c1-9(2)21(19,17-13(18)20-14(3,4)5)12-8-10(15)6-7-11(12)16/h6-9H,1-5H3. The van der Waals surface area contributed by atoms with Gasteiger partial charge in [0.1, 0.15) is 17.2 Å². The van der Waals surface area contributed by atoms with Crippen LogP contribution in [0.5, 0.6) is 0 Å². The number of carbonyl (C=O) groups is 1. The van der Waals surface area contributed by atoms with E-state index in [1.165, 1.54) is 13.8 Å². The monoisotopic (exact) mass is 319 g/mol. The Morgan fingerprint density at radius 2 is 1.86 bits per heavy atom. The Balaban J connectivity index is 3.43. The van der Waals surface area contributed by atoms with Crippen LogP contribution >= 0.6 is 0 Å². The molecule has 7 heteroatoms. The van der Waals surface area contributed by atoms with Crippen molar-refractivity contribution >= 4 is 15.8 Å². The topological polar surface area (TPSA) is 55.7 Å². The molecule has 1 aromatic rings. The largest absolute Gasteiger partial charge is 0.442 e. The van der Waals surface area contributed by atoms with E-state index < -0.39 is 43.2 Å². The Morgan fingerprint density at radius 3 is 2.33 bits per heavy atom. The van der Waals surface area contributed by atoms with E-state index in [0.717, 1.165) is 18.2 Å². The van der Waals surface area contributed by atoms with Gasteiger partial charge in [-0.25, -0.2) is 17.8 Å². The summed E-state index contributed by atoms with van der Waals surface area (Å²) in [5, 5.41) is -0.693. The summed E-state index contributed by atoms with van der Waals surface area (Å²) < 4.78 is 48.5. The molecule has 0 fully saturated rings. The summed E-state index contributed by atoms with van der Waals surface area (Å²) in [5.74, 6) is -1.62. The molecule has 1 aromatic carbocycles. The van der Waals surface area contributed by atoms with Gasteiger partial charge in [-0.05, 0) is 52.8 Å². The fourth-order valence-electron chi connectivity index (χ4n) is 1.50. The Labute approximate surface area is 123 Å². The zero-order valence-electron chi connectivity index (χ0n) is 12.6. The summed E-state index contributed by atoms with van der Waals surface area (Å²) in [6, 6.07) is 2.56. The molecule has 0 spiro atoms. The average molecular weight is 319 g/mol. The number of benzene rings is 1. The van der Waals surface area contributed by atoms with E-state index in [1.807, 2.05) is 0 Å². The SMILES string of the molecule is CC(C)S(=O)(=NC(=O)OC(C)(C)C)c1cc(F)ccc1F. The van der Waals surface area contributed by atoms with Crippen LogP contribution in [0.25, 0.3) is 0 Å². The Kier molecular flexibility index (Phi) is 5.09. The van der Waals surface area contributed by atoms with Gasteiger partial charge in [0, 0.05) is 5.25 Å². The summed E-state index contributed by atoms with van der Waals surface area (Å²) in [4.78, 5) is 11.3. The van der Waals surface area contributed by atoms with Crippen molar-refractivity contribution in [1.82, 2.24) is 0 Å². The van der Waals surface area contributed by atoms with Crippen molar-refractivity contribution in [3.63, 3.8) is 0 Å². The first-order valence-electron chi connectivity index (χ1n) is 6.40. The second-order valence-electron chi connectivity index (χ2n) is 5.76. The first kappa shape index (κ1) is 17.6. The molecule has 0 bridgehead atoms. The van der Waals surface area contributed by atoms with Crippen LogP contribution in [0.2, 0.25) is 0 Å². The minimum absolute atomic E-state index is 0.427. The highest BCUT2D eigenvalue weighted by molar-refractivity contribution is 7.94. The highest BCUT2D eigenvalue weighted by Crippen LogP contribution is 2.24. The molecule has 0 N–H and O–H groups in total. The van der Waals surface area contributed by atoms with Gasteiger partial charge < -0.3 is 4.74 Å². The number of rotatable bonds is 2. The van der Waals surface area contributed by atoms with E-state index in [2.05, 4.69) is 4.36 Å². The van der Waals surface area contributed by atoms with Gasteiger partial charge in [0.15, 0.2) is 0 Å². The number of halogens is 2. The van der Waals surface area contributed by atoms with Gasteiger partial charge in [-0.1, -0.05) is 0 Å². The molecule has 1 unspecified atom stereocenters. The summed E-state index contributed by atoms with van der Waals surface area (Å²) in [6.07, 6.45) is -1.06. The number of nitrogens with zero attached hydrogens (tertiary/aromatic N) is 1.